The van der Waals surface area contributed by atoms with Gasteiger partial charge < -0.3 is 15.5 Å². The highest BCUT2D eigenvalue weighted by atomic mass is 16.2. The average Bonchev–Trinajstić information content (AvgIpc) is 2.11. The Labute approximate surface area is 87.0 Å². The van der Waals surface area contributed by atoms with Crippen molar-refractivity contribution in [2.45, 2.75) is 19.9 Å². The summed E-state index contributed by atoms with van der Waals surface area (Å²) in [6, 6.07) is -0.0793. The second-order valence-corrected chi connectivity index (χ2v) is 4.21. The minimum absolute atomic E-state index is 0.0793. The normalized spacial score (nSPS) is 15.4. The lowest BCUT2D eigenvalue weighted by atomic mass is 10.0. The Morgan fingerprint density at radius 3 is 2.07 bits per heavy atom. The monoisotopic (exact) mass is 201 g/mol. The van der Waals surface area contributed by atoms with E-state index in [0.717, 1.165) is 13.1 Å². The molecule has 0 radical (unpaired) electrons. The molecular formula is C10H23N3O. The minimum atomic E-state index is -0.0952. The molecular weight excluding hydrogens is 178 g/mol. The van der Waals surface area contributed by atoms with Crippen LogP contribution in [0.3, 0.4) is 0 Å². The molecule has 0 aliphatic rings. The van der Waals surface area contributed by atoms with Crippen LogP contribution >= 0.6 is 0 Å². The van der Waals surface area contributed by atoms with Crippen molar-refractivity contribution in [1.82, 2.24) is 9.80 Å². The summed E-state index contributed by atoms with van der Waals surface area (Å²) in [5.74, 6) is 0.0315. The standard InChI is InChI=1S/C10H23N3O/c1-8(9(2)11)10(14)13(5)7-6-12(3)4/h8-9H,6-7,11H2,1-5H3. The summed E-state index contributed by atoms with van der Waals surface area (Å²) < 4.78 is 0. The van der Waals surface area contributed by atoms with Crippen LogP contribution in [0, 0.1) is 5.92 Å². The second kappa shape index (κ2) is 5.98. The molecule has 2 atom stereocenters. The van der Waals surface area contributed by atoms with Gasteiger partial charge in [0.15, 0.2) is 0 Å². The molecule has 0 saturated carbocycles. The van der Waals surface area contributed by atoms with Crippen molar-refractivity contribution in [3.05, 3.63) is 0 Å². The second-order valence-electron chi connectivity index (χ2n) is 4.21. The number of carbonyl (C=O) groups excluding carboxylic acids is 1. The van der Waals surface area contributed by atoms with Crippen LogP contribution in [0.4, 0.5) is 0 Å². The number of hydrogen-bond acceptors (Lipinski definition) is 3. The maximum Gasteiger partial charge on any atom is 0.226 e. The first-order chi connectivity index (χ1) is 6.36. The molecule has 0 aromatic heterocycles. The van der Waals surface area contributed by atoms with E-state index < -0.39 is 0 Å². The third-order valence-electron chi connectivity index (χ3n) is 2.44. The molecule has 0 aliphatic heterocycles. The van der Waals surface area contributed by atoms with Crippen LogP contribution in [0.25, 0.3) is 0 Å². The fourth-order valence-electron chi connectivity index (χ4n) is 1.03. The fraction of sp³-hybridized carbons (Fsp3) is 0.900. The smallest absolute Gasteiger partial charge is 0.226 e. The van der Waals surface area contributed by atoms with E-state index in [2.05, 4.69) is 4.90 Å². The van der Waals surface area contributed by atoms with E-state index in [9.17, 15) is 4.79 Å². The lowest BCUT2D eigenvalue weighted by molar-refractivity contribution is -0.134. The van der Waals surface area contributed by atoms with E-state index >= 15 is 0 Å². The largest absolute Gasteiger partial charge is 0.344 e. The van der Waals surface area contributed by atoms with Gasteiger partial charge in [-0.1, -0.05) is 6.92 Å². The molecule has 0 heterocycles. The highest BCUT2D eigenvalue weighted by Crippen LogP contribution is 2.04. The molecule has 0 bridgehead atoms. The summed E-state index contributed by atoms with van der Waals surface area (Å²) >= 11 is 0. The van der Waals surface area contributed by atoms with Crippen molar-refractivity contribution < 1.29 is 4.79 Å². The summed E-state index contributed by atoms with van der Waals surface area (Å²) in [6.45, 7) is 5.37. The molecule has 0 aromatic rings. The SMILES string of the molecule is CC(N)C(C)C(=O)N(C)CCN(C)C. The molecule has 1 amide bonds. The number of nitrogens with two attached hydrogens (primary N) is 1. The lowest BCUT2D eigenvalue weighted by Gasteiger charge is -2.24. The maximum absolute atomic E-state index is 11.7. The van der Waals surface area contributed by atoms with Gasteiger partial charge in [0, 0.05) is 26.2 Å². The van der Waals surface area contributed by atoms with Crippen LogP contribution in [0.5, 0.6) is 0 Å². The molecule has 84 valence electrons. The fourth-order valence-corrected chi connectivity index (χ4v) is 1.03. The van der Waals surface area contributed by atoms with Crippen molar-refractivity contribution in [2.24, 2.45) is 11.7 Å². The maximum atomic E-state index is 11.7. The Balaban J connectivity index is 3.99. The van der Waals surface area contributed by atoms with Crippen LogP contribution in [-0.4, -0.2) is 56.0 Å². The first kappa shape index (κ1) is 13.4. The molecule has 0 spiro atoms. The van der Waals surface area contributed by atoms with Gasteiger partial charge in [0.1, 0.15) is 0 Å². The van der Waals surface area contributed by atoms with Gasteiger partial charge in [-0.05, 0) is 21.0 Å². The molecule has 0 rings (SSSR count). The van der Waals surface area contributed by atoms with Gasteiger partial charge in [-0.25, -0.2) is 0 Å². The average molecular weight is 201 g/mol. The van der Waals surface area contributed by atoms with Crippen molar-refractivity contribution >= 4 is 5.91 Å². The van der Waals surface area contributed by atoms with E-state index in [1.165, 1.54) is 0 Å². The number of carbonyl (C=O) groups is 1. The molecule has 0 fully saturated rings. The minimum Gasteiger partial charge on any atom is -0.344 e. The molecule has 2 unspecified atom stereocenters. The zero-order valence-corrected chi connectivity index (χ0v) is 9.95. The predicted octanol–water partition coefficient (Wildman–Crippen LogP) is -0.0103. The molecule has 0 aromatic carbocycles. The van der Waals surface area contributed by atoms with Crippen LogP contribution in [0.1, 0.15) is 13.8 Å². The highest BCUT2D eigenvalue weighted by Gasteiger charge is 2.20. The zero-order chi connectivity index (χ0) is 11.3. The first-order valence-corrected chi connectivity index (χ1v) is 5.01. The Morgan fingerprint density at radius 2 is 1.71 bits per heavy atom. The van der Waals surface area contributed by atoms with Crippen molar-refractivity contribution in [2.75, 3.05) is 34.2 Å². The Bertz CT molecular complexity index is 180. The van der Waals surface area contributed by atoms with Crippen LogP contribution in [-0.2, 0) is 4.79 Å². The van der Waals surface area contributed by atoms with Gasteiger partial charge in [0.2, 0.25) is 5.91 Å². The number of amides is 1. The van der Waals surface area contributed by atoms with Gasteiger partial charge in [-0.3, -0.25) is 4.79 Å². The van der Waals surface area contributed by atoms with E-state index in [4.69, 9.17) is 5.73 Å². The van der Waals surface area contributed by atoms with Crippen LogP contribution < -0.4 is 5.73 Å². The summed E-state index contributed by atoms with van der Waals surface area (Å²) in [5.41, 5.74) is 5.67. The van der Waals surface area contributed by atoms with Crippen molar-refractivity contribution in [3.8, 4) is 0 Å². The molecule has 0 saturated heterocycles. The Morgan fingerprint density at radius 1 is 1.21 bits per heavy atom. The number of hydrogen-bond donors (Lipinski definition) is 1. The van der Waals surface area contributed by atoms with E-state index in [1.807, 2.05) is 35.0 Å². The Kier molecular flexibility index (Phi) is 5.72. The van der Waals surface area contributed by atoms with E-state index in [1.54, 1.807) is 4.90 Å². The zero-order valence-electron chi connectivity index (χ0n) is 9.95. The van der Waals surface area contributed by atoms with Crippen LogP contribution in [0.2, 0.25) is 0 Å². The van der Waals surface area contributed by atoms with Crippen LogP contribution in [0.15, 0.2) is 0 Å². The number of likely N-dealkylation sites (N-methyl/N-ethyl adjacent to an activating group) is 2. The molecule has 14 heavy (non-hydrogen) atoms. The number of nitrogens with zero attached hydrogens (tertiary/aromatic N) is 2. The number of rotatable bonds is 5. The summed E-state index contributed by atoms with van der Waals surface area (Å²) in [5, 5.41) is 0. The van der Waals surface area contributed by atoms with Gasteiger partial charge in [0.25, 0.3) is 0 Å². The van der Waals surface area contributed by atoms with Gasteiger partial charge in [0.05, 0.1) is 5.92 Å². The third kappa shape index (κ3) is 4.58. The topological polar surface area (TPSA) is 49.6 Å². The van der Waals surface area contributed by atoms with Gasteiger partial charge in [-0.15, -0.1) is 0 Å². The highest BCUT2D eigenvalue weighted by molar-refractivity contribution is 5.78. The summed E-state index contributed by atoms with van der Waals surface area (Å²) in [7, 11) is 5.81. The lowest BCUT2D eigenvalue weighted by Crippen LogP contribution is -2.42. The molecule has 0 aliphatic carbocycles. The molecule has 2 N–H and O–H groups in total. The van der Waals surface area contributed by atoms with Crippen molar-refractivity contribution in [3.63, 3.8) is 0 Å². The summed E-state index contributed by atoms with van der Waals surface area (Å²) in [6.07, 6.45) is 0. The van der Waals surface area contributed by atoms with E-state index in [-0.39, 0.29) is 17.9 Å². The van der Waals surface area contributed by atoms with Gasteiger partial charge >= 0.3 is 0 Å². The predicted molar refractivity (Wildman–Crippen MR) is 59.0 cm³/mol. The molecule has 4 heteroatoms. The van der Waals surface area contributed by atoms with Gasteiger partial charge in [-0.2, -0.15) is 0 Å². The molecule has 4 nitrogen and oxygen atoms in total. The quantitative estimate of drug-likeness (QED) is 0.680. The van der Waals surface area contributed by atoms with E-state index in [0.29, 0.717) is 0 Å². The summed E-state index contributed by atoms with van der Waals surface area (Å²) in [4.78, 5) is 15.5. The first-order valence-electron chi connectivity index (χ1n) is 5.01. The van der Waals surface area contributed by atoms with Crippen molar-refractivity contribution in [1.29, 1.82) is 0 Å². The Hall–Kier alpha value is -0.610. The third-order valence-corrected chi connectivity index (χ3v) is 2.44.